The zero-order valence-electron chi connectivity index (χ0n) is 16.0. The average Bonchev–Trinajstić information content (AvgIpc) is 2.73. The van der Waals surface area contributed by atoms with Gasteiger partial charge in [0.2, 0.25) is 5.91 Å². The second-order valence-electron chi connectivity index (χ2n) is 6.39. The van der Waals surface area contributed by atoms with Gasteiger partial charge in [-0.1, -0.05) is 18.2 Å². The summed E-state index contributed by atoms with van der Waals surface area (Å²) in [5, 5.41) is 13.5. The molecule has 30 heavy (non-hydrogen) atoms. The standard InChI is InChI=1S/C20H20FN3O6/c1-12(18(28)23-15(10-17(26)27)16(25)11-21)24-9-5-8-14(20(24)30)22-19(29)13-6-3-2-4-7-13/h2-9,12,15H,10-11H2,1H3,(H,22,29)(H,23,28)(H,26,27). The number of aliphatic carboxylic acids is 1. The van der Waals surface area contributed by atoms with Crippen molar-refractivity contribution in [2.45, 2.75) is 25.4 Å². The van der Waals surface area contributed by atoms with Crippen LogP contribution in [0.2, 0.25) is 0 Å². The Labute approximate surface area is 170 Å². The molecule has 158 valence electrons. The van der Waals surface area contributed by atoms with Gasteiger partial charge in [0.15, 0.2) is 5.78 Å². The summed E-state index contributed by atoms with van der Waals surface area (Å²) in [5.41, 5.74) is -0.428. The van der Waals surface area contributed by atoms with Crippen molar-refractivity contribution in [3.63, 3.8) is 0 Å². The number of amides is 2. The molecule has 0 aliphatic rings. The van der Waals surface area contributed by atoms with Crippen LogP contribution in [-0.4, -0.2) is 46.0 Å². The first kappa shape index (κ1) is 22.5. The molecule has 2 unspecified atom stereocenters. The molecule has 2 amide bonds. The van der Waals surface area contributed by atoms with Gasteiger partial charge in [-0.15, -0.1) is 0 Å². The van der Waals surface area contributed by atoms with Crippen molar-refractivity contribution < 1.29 is 28.7 Å². The van der Waals surface area contributed by atoms with Gasteiger partial charge in [-0.3, -0.25) is 24.0 Å². The van der Waals surface area contributed by atoms with Gasteiger partial charge in [0.25, 0.3) is 11.5 Å². The maximum Gasteiger partial charge on any atom is 0.305 e. The monoisotopic (exact) mass is 417 g/mol. The van der Waals surface area contributed by atoms with Crippen LogP contribution < -0.4 is 16.2 Å². The number of carboxylic acid groups (broad SMARTS) is 1. The third-order valence-electron chi connectivity index (χ3n) is 4.27. The summed E-state index contributed by atoms with van der Waals surface area (Å²) in [6.45, 7) is -0.0924. The van der Waals surface area contributed by atoms with E-state index in [1.807, 2.05) is 0 Å². The van der Waals surface area contributed by atoms with Crippen molar-refractivity contribution in [2.24, 2.45) is 0 Å². The number of alkyl halides is 1. The first-order valence-corrected chi connectivity index (χ1v) is 8.93. The second kappa shape index (κ2) is 10.1. The number of aromatic nitrogens is 1. The normalized spacial score (nSPS) is 12.5. The van der Waals surface area contributed by atoms with E-state index in [1.165, 1.54) is 25.3 Å². The van der Waals surface area contributed by atoms with Crippen LogP contribution >= 0.6 is 0 Å². The molecule has 9 nitrogen and oxygen atoms in total. The average molecular weight is 417 g/mol. The topological polar surface area (TPSA) is 135 Å². The quantitative estimate of drug-likeness (QED) is 0.560. The van der Waals surface area contributed by atoms with E-state index < -0.39 is 54.3 Å². The fourth-order valence-electron chi connectivity index (χ4n) is 2.63. The number of halogens is 1. The molecule has 0 aliphatic heterocycles. The number of carbonyl (C=O) groups excluding carboxylic acids is 3. The van der Waals surface area contributed by atoms with Gasteiger partial charge in [0.1, 0.15) is 24.4 Å². The summed E-state index contributed by atoms with van der Waals surface area (Å²) >= 11 is 0. The lowest BCUT2D eigenvalue weighted by molar-refractivity contribution is -0.140. The van der Waals surface area contributed by atoms with Crippen LogP contribution in [0.1, 0.15) is 29.7 Å². The molecule has 0 radical (unpaired) electrons. The van der Waals surface area contributed by atoms with Gasteiger partial charge in [0.05, 0.1) is 6.42 Å². The van der Waals surface area contributed by atoms with Gasteiger partial charge in [-0.25, -0.2) is 4.39 Å². The second-order valence-corrected chi connectivity index (χ2v) is 6.39. The number of Topliss-reactive ketones (excluding diaryl/α,β-unsaturated/α-hetero) is 1. The summed E-state index contributed by atoms with van der Waals surface area (Å²) in [4.78, 5) is 59.8. The molecule has 0 spiro atoms. The lowest BCUT2D eigenvalue weighted by Crippen LogP contribution is -2.46. The molecule has 1 aromatic heterocycles. The number of hydrogen-bond acceptors (Lipinski definition) is 5. The van der Waals surface area contributed by atoms with Crippen molar-refractivity contribution in [3.05, 3.63) is 64.6 Å². The van der Waals surface area contributed by atoms with Crippen LogP contribution in [0.4, 0.5) is 10.1 Å². The molecule has 0 fully saturated rings. The lowest BCUT2D eigenvalue weighted by atomic mass is 10.1. The number of carbonyl (C=O) groups is 4. The molecular weight excluding hydrogens is 397 g/mol. The third kappa shape index (κ3) is 5.60. The Balaban J connectivity index is 2.20. The Kier molecular flexibility index (Phi) is 7.56. The maximum atomic E-state index is 12.7. The number of nitrogens with zero attached hydrogens (tertiary/aromatic N) is 1. The highest BCUT2D eigenvalue weighted by Crippen LogP contribution is 2.09. The van der Waals surface area contributed by atoms with Crippen molar-refractivity contribution in [1.29, 1.82) is 0 Å². The summed E-state index contributed by atoms with van der Waals surface area (Å²) in [6, 6.07) is 8.28. The maximum absolute atomic E-state index is 12.7. The first-order chi connectivity index (χ1) is 14.2. The van der Waals surface area contributed by atoms with Gasteiger partial charge in [-0.2, -0.15) is 0 Å². The zero-order valence-corrected chi connectivity index (χ0v) is 16.0. The van der Waals surface area contributed by atoms with E-state index in [9.17, 15) is 28.4 Å². The Hall–Kier alpha value is -3.82. The van der Waals surface area contributed by atoms with Crippen molar-refractivity contribution in [1.82, 2.24) is 9.88 Å². The Morgan fingerprint density at radius 2 is 1.77 bits per heavy atom. The van der Waals surface area contributed by atoms with Gasteiger partial charge in [-0.05, 0) is 31.2 Å². The number of nitrogens with one attached hydrogen (secondary N) is 2. The molecule has 0 saturated carbocycles. The molecule has 0 aliphatic carbocycles. The molecule has 10 heteroatoms. The smallest absolute Gasteiger partial charge is 0.305 e. The van der Waals surface area contributed by atoms with Gasteiger partial charge >= 0.3 is 5.97 Å². The predicted octanol–water partition coefficient (Wildman–Crippen LogP) is 1.16. The van der Waals surface area contributed by atoms with E-state index in [2.05, 4.69) is 10.6 Å². The number of rotatable bonds is 9. The minimum absolute atomic E-state index is 0.0760. The van der Waals surface area contributed by atoms with E-state index in [0.29, 0.717) is 5.56 Å². The first-order valence-electron chi connectivity index (χ1n) is 8.93. The summed E-state index contributed by atoms with van der Waals surface area (Å²) in [6.07, 6.45) is 0.511. The molecule has 1 aromatic carbocycles. The summed E-state index contributed by atoms with van der Waals surface area (Å²) in [7, 11) is 0. The number of benzene rings is 1. The lowest BCUT2D eigenvalue weighted by Gasteiger charge is -2.20. The van der Waals surface area contributed by atoms with Crippen LogP contribution in [-0.2, 0) is 14.4 Å². The van der Waals surface area contributed by atoms with Crippen LogP contribution in [0.5, 0.6) is 0 Å². The van der Waals surface area contributed by atoms with Gasteiger partial charge < -0.3 is 20.3 Å². The van der Waals surface area contributed by atoms with E-state index in [-0.39, 0.29) is 5.69 Å². The highest BCUT2D eigenvalue weighted by Gasteiger charge is 2.26. The Bertz CT molecular complexity index is 1010. The number of carboxylic acids is 1. The van der Waals surface area contributed by atoms with E-state index in [1.54, 1.807) is 30.3 Å². The molecule has 0 saturated heterocycles. The van der Waals surface area contributed by atoms with E-state index >= 15 is 0 Å². The zero-order chi connectivity index (χ0) is 22.3. The number of hydrogen-bond donors (Lipinski definition) is 3. The van der Waals surface area contributed by atoms with Crippen LogP contribution in [0.3, 0.4) is 0 Å². The highest BCUT2D eigenvalue weighted by atomic mass is 19.1. The van der Waals surface area contributed by atoms with E-state index in [0.717, 1.165) is 4.57 Å². The highest BCUT2D eigenvalue weighted by molar-refractivity contribution is 6.04. The molecule has 2 rings (SSSR count). The molecule has 0 bridgehead atoms. The van der Waals surface area contributed by atoms with Crippen LogP contribution in [0.15, 0.2) is 53.5 Å². The van der Waals surface area contributed by atoms with Crippen molar-refractivity contribution >= 4 is 29.3 Å². The number of pyridine rings is 1. The largest absolute Gasteiger partial charge is 0.481 e. The molecular formula is C20H20FN3O6. The van der Waals surface area contributed by atoms with Crippen molar-refractivity contribution in [2.75, 3.05) is 12.0 Å². The van der Waals surface area contributed by atoms with Crippen LogP contribution in [0.25, 0.3) is 0 Å². The Morgan fingerprint density at radius 3 is 2.37 bits per heavy atom. The van der Waals surface area contributed by atoms with Crippen molar-refractivity contribution in [3.8, 4) is 0 Å². The SMILES string of the molecule is CC(C(=O)NC(CC(=O)O)C(=O)CF)n1cccc(NC(=O)c2ccccc2)c1=O. The third-order valence-corrected chi connectivity index (χ3v) is 4.27. The van der Waals surface area contributed by atoms with Crippen LogP contribution in [0, 0.1) is 0 Å². The minimum atomic E-state index is -1.56. The molecule has 1 heterocycles. The van der Waals surface area contributed by atoms with Gasteiger partial charge in [0, 0.05) is 11.8 Å². The number of ketones is 1. The fourth-order valence-corrected chi connectivity index (χ4v) is 2.63. The Morgan fingerprint density at radius 1 is 1.10 bits per heavy atom. The molecule has 2 atom stereocenters. The number of anilines is 1. The minimum Gasteiger partial charge on any atom is -0.481 e. The molecule has 3 N–H and O–H groups in total. The summed E-state index contributed by atoms with van der Waals surface area (Å²) in [5.74, 6) is -3.85. The summed E-state index contributed by atoms with van der Waals surface area (Å²) < 4.78 is 13.7. The van der Waals surface area contributed by atoms with E-state index in [4.69, 9.17) is 5.11 Å². The fraction of sp³-hybridized carbons (Fsp3) is 0.250. The molecule has 2 aromatic rings. The predicted molar refractivity (Wildman–Crippen MR) is 105 cm³/mol.